The van der Waals surface area contributed by atoms with Crippen molar-refractivity contribution in [3.8, 4) is 0 Å². The molecule has 3 nitrogen and oxygen atoms in total. The molecule has 0 radical (unpaired) electrons. The summed E-state index contributed by atoms with van der Waals surface area (Å²) in [4.78, 5) is -0.0428. The van der Waals surface area contributed by atoms with Crippen molar-refractivity contribution in [2.75, 3.05) is 0 Å². The number of hydrogen-bond acceptors (Lipinski definition) is 3. The summed E-state index contributed by atoms with van der Waals surface area (Å²) < 4.78 is 36.0. The van der Waals surface area contributed by atoms with Crippen LogP contribution >= 0.6 is 15.9 Å². The number of rotatable bonds is 4. The van der Waals surface area contributed by atoms with E-state index in [-0.39, 0.29) is 22.6 Å². The molecule has 0 saturated heterocycles. The maximum atomic E-state index is 11.7. The molecular weight excluding hydrogens is 340 g/mol. The van der Waals surface area contributed by atoms with Crippen molar-refractivity contribution >= 4 is 26.0 Å². The molecule has 0 spiro atoms. The highest BCUT2D eigenvalue weighted by atomic mass is 79.9. The molecule has 20 heavy (non-hydrogen) atoms. The van der Waals surface area contributed by atoms with Crippen molar-refractivity contribution in [2.45, 2.75) is 64.2 Å². The number of halogens is 1. The number of hydrogen-bond donors (Lipinski definition) is 0. The molecule has 114 valence electrons. The van der Waals surface area contributed by atoms with Gasteiger partial charge in [0.25, 0.3) is 0 Å². The van der Waals surface area contributed by atoms with Gasteiger partial charge in [-0.3, -0.25) is 0 Å². The minimum atomic E-state index is -4.50. The van der Waals surface area contributed by atoms with E-state index in [1.54, 1.807) is 0 Å². The van der Waals surface area contributed by atoms with Gasteiger partial charge >= 0.3 is 0 Å². The van der Waals surface area contributed by atoms with Crippen molar-refractivity contribution in [1.29, 1.82) is 0 Å². The standard InChI is InChI=1S/C15H23BrO3S/c1-8(2)11-7-12(9(3)4)15(20(17,18)19)13(10(5)6)14(11)16/h7-10H,1-6H3,(H,17,18,19)/p-1. The molecule has 5 heteroatoms. The summed E-state index contributed by atoms with van der Waals surface area (Å²) in [5.41, 5.74) is 2.27. The largest absolute Gasteiger partial charge is 0.744 e. The minimum Gasteiger partial charge on any atom is -0.744 e. The molecule has 0 aliphatic rings. The molecule has 0 atom stereocenters. The van der Waals surface area contributed by atoms with Crippen molar-refractivity contribution in [3.63, 3.8) is 0 Å². The predicted molar refractivity (Wildman–Crippen MR) is 84.4 cm³/mol. The smallest absolute Gasteiger partial charge is 0.125 e. The maximum absolute atomic E-state index is 11.7. The molecule has 0 heterocycles. The quantitative estimate of drug-likeness (QED) is 0.728. The first-order chi connectivity index (χ1) is 8.98. The Balaban J connectivity index is 3.94. The van der Waals surface area contributed by atoms with Crippen molar-refractivity contribution in [3.05, 3.63) is 27.2 Å². The summed E-state index contributed by atoms with van der Waals surface area (Å²) in [5.74, 6) is 0.193. The zero-order chi connectivity index (χ0) is 15.8. The van der Waals surface area contributed by atoms with Gasteiger partial charge in [0.1, 0.15) is 10.1 Å². The van der Waals surface area contributed by atoms with E-state index in [1.807, 2.05) is 33.8 Å². The monoisotopic (exact) mass is 361 g/mol. The Hall–Kier alpha value is -0.390. The fourth-order valence-electron chi connectivity index (χ4n) is 2.35. The Morgan fingerprint density at radius 3 is 1.70 bits per heavy atom. The van der Waals surface area contributed by atoms with Gasteiger partial charge in [-0.15, -0.1) is 0 Å². The molecular formula is C15H22BrO3S-. The van der Waals surface area contributed by atoms with Crippen molar-refractivity contribution in [2.24, 2.45) is 0 Å². The van der Waals surface area contributed by atoms with E-state index >= 15 is 0 Å². The van der Waals surface area contributed by atoms with E-state index in [1.165, 1.54) is 0 Å². The first kappa shape index (κ1) is 17.7. The summed E-state index contributed by atoms with van der Waals surface area (Å²) in [6.07, 6.45) is 0. The van der Waals surface area contributed by atoms with Crippen LogP contribution in [0.5, 0.6) is 0 Å². The molecule has 0 aliphatic carbocycles. The van der Waals surface area contributed by atoms with Gasteiger partial charge in [0.15, 0.2) is 0 Å². The van der Waals surface area contributed by atoms with Gasteiger partial charge in [0.05, 0.1) is 4.90 Å². The van der Waals surface area contributed by atoms with E-state index < -0.39 is 10.1 Å². The second kappa shape index (κ2) is 6.16. The van der Waals surface area contributed by atoms with Crippen LogP contribution in [0.2, 0.25) is 0 Å². The molecule has 0 fully saturated rings. The Kier molecular flexibility index (Phi) is 5.44. The predicted octanol–water partition coefficient (Wildman–Crippen LogP) is 4.72. The van der Waals surface area contributed by atoms with Crippen LogP contribution in [0.4, 0.5) is 0 Å². The normalized spacial score (nSPS) is 12.8. The third-order valence-electron chi connectivity index (χ3n) is 3.38. The third-order valence-corrected chi connectivity index (χ3v) is 5.22. The van der Waals surface area contributed by atoms with Crippen LogP contribution in [0.1, 0.15) is 76.0 Å². The molecule has 0 aliphatic heterocycles. The molecule has 1 aromatic carbocycles. The second-order valence-corrected chi connectivity index (χ2v) is 8.14. The summed E-state index contributed by atoms with van der Waals surface area (Å²) in [7, 11) is -4.50. The molecule has 1 aromatic rings. The van der Waals surface area contributed by atoms with Crippen LogP contribution in [0.25, 0.3) is 0 Å². The lowest BCUT2D eigenvalue weighted by molar-refractivity contribution is 0.459. The van der Waals surface area contributed by atoms with Gasteiger partial charge in [-0.1, -0.05) is 63.5 Å². The SMILES string of the molecule is CC(C)c1cc(C(C)C)c(S(=O)(=O)[O-])c(C(C)C)c1Br. The fourth-order valence-corrected chi connectivity index (χ4v) is 4.90. The van der Waals surface area contributed by atoms with Crippen LogP contribution in [-0.4, -0.2) is 13.0 Å². The molecule has 0 amide bonds. The lowest BCUT2D eigenvalue weighted by Gasteiger charge is -2.26. The van der Waals surface area contributed by atoms with Crippen LogP contribution in [0, 0.1) is 0 Å². The molecule has 0 bridgehead atoms. The fraction of sp³-hybridized carbons (Fsp3) is 0.600. The van der Waals surface area contributed by atoms with Crippen molar-refractivity contribution in [1.82, 2.24) is 0 Å². The van der Waals surface area contributed by atoms with E-state index in [0.717, 1.165) is 10.0 Å². The highest BCUT2D eigenvalue weighted by Crippen LogP contribution is 2.41. The first-order valence-electron chi connectivity index (χ1n) is 6.80. The first-order valence-corrected chi connectivity index (χ1v) is 9.00. The van der Waals surface area contributed by atoms with Gasteiger partial charge in [-0.2, -0.15) is 0 Å². The Bertz CT molecular complexity index is 602. The lowest BCUT2D eigenvalue weighted by atomic mass is 9.89. The van der Waals surface area contributed by atoms with Crippen LogP contribution < -0.4 is 0 Å². The Labute approximate surface area is 130 Å². The van der Waals surface area contributed by atoms with Crippen LogP contribution in [0.15, 0.2) is 15.4 Å². The molecule has 1 rings (SSSR count). The van der Waals surface area contributed by atoms with Crippen LogP contribution in [0.3, 0.4) is 0 Å². The molecule has 0 aromatic heterocycles. The Morgan fingerprint density at radius 2 is 1.40 bits per heavy atom. The second-order valence-electron chi connectivity index (χ2n) is 6.03. The van der Waals surface area contributed by atoms with E-state index in [9.17, 15) is 13.0 Å². The lowest BCUT2D eigenvalue weighted by Crippen LogP contribution is -2.13. The highest BCUT2D eigenvalue weighted by Gasteiger charge is 2.24. The summed E-state index contributed by atoms with van der Waals surface area (Å²) in [5, 5.41) is 0. The Morgan fingerprint density at radius 1 is 0.950 bits per heavy atom. The summed E-state index contributed by atoms with van der Waals surface area (Å²) in [6, 6.07) is 1.86. The maximum Gasteiger partial charge on any atom is 0.125 e. The van der Waals surface area contributed by atoms with Gasteiger partial charge in [0.2, 0.25) is 0 Å². The van der Waals surface area contributed by atoms with Crippen molar-refractivity contribution < 1.29 is 13.0 Å². The average Bonchev–Trinajstić information content (AvgIpc) is 2.25. The van der Waals surface area contributed by atoms with Crippen LogP contribution in [-0.2, 0) is 10.1 Å². The molecule has 0 saturated carbocycles. The summed E-state index contributed by atoms with van der Waals surface area (Å²) in [6.45, 7) is 11.7. The zero-order valence-electron chi connectivity index (χ0n) is 12.8. The highest BCUT2D eigenvalue weighted by molar-refractivity contribution is 9.10. The molecule has 0 unspecified atom stereocenters. The zero-order valence-corrected chi connectivity index (χ0v) is 15.2. The van der Waals surface area contributed by atoms with Gasteiger partial charge in [0, 0.05) is 4.47 Å². The van der Waals surface area contributed by atoms with E-state index in [2.05, 4.69) is 29.8 Å². The number of benzene rings is 1. The van der Waals surface area contributed by atoms with Gasteiger partial charge in [-0.05, 0) is 34.4 Å². The summed E-state index contributed by atoms with van der Waals surface area (Å²) >= 11 is 3.51. The van der Waals surface area contributed by atoms with E-state index in [0.29, 0.717) is 11.1 Å². The molecule has 0 N–H and O–H groups in total. The third kappa shape index (κ3) is 3.43. The van der Waals surface area contributed by atoms with Gasteiger partial charge in [-0.25, -0.2) is 8.42 Å². The average molecular weight is 362 g/mol. The van der Waals surface area contributed by atoms with Gasteiger partial charge < -0.3 is 4.55 Å². The van der Waals surface area contributed by atoms with E-state index in [4.69, 9.17) is 0 Å². The minimum absolute atomic E-state index is 0.0168. The topological polar surface area (TPSA) is 57.2 Å².